The molecule has 1 aliphatic heterocycles. The third-order valence-electron chi connectivity index (χ3n) is 3.84. The minimum absolute atomic E-state index is 0.133. The largest absolute Gasteiger partial charge is 0.447 e. The van der Waals surface area contributed by atoms with Crippen LogP contribution >= 0.6 is 0 Å². The molecule has 5 nitrogen and oxygen atoms in total. The molecule has 2 atom stereocenters. The monoisotopic (exact) mass is 300 g/mol. The number of hydrogen-bond donors (Lipinski definition) is 0. The van der Waals surface area contributed by atoms with E-state index < -0.39 is 12.0 Å². The van der Waals surface area contributed by atoms with Crippen molar-refractivity contribution >= 4 is 12.0 Å². The number of amides is 2. The summed E-state index contributed by atoms with van der Waals surface area (Å²) in [6.07, 6.45) is 1.52. The SMILES string of the molecule is CCC[C@H](CC#N)C(=O)N1C(=O)OC[C@@H]1Cc1ccccc1. The average molecular weight is 300 g/mol. The van der Waals surface area contributed by atoms with Gasteiger partial charge in [0.1, 0.15) is 6.61 Å². The second-order valence-corrected chi connectivity index (χ2v) is 5.48. The van der Waals surface area contributed by atoms with Crippen LogP contribution in [0.4, 0.5) is 4.79 Å². The molecule has 0 bridgehead atoms. The normalized spacial score (nSPS) is 18.6. The summed E-state index contributed by atoms with van der Waals surface area (Å²) in [5.41, 5.74) is 1.05. The van der Waals surface area contributed by atoms with Crippen molar-refractivity contribution in [1.82, 2.24) is 4.90 Å². The molecule has 0 spiro atoms. The van der Waals surface area contributed by atoms with Gasteiger partial charge in [-0.2, -0.15) is 5.26 Å². The summed E-state index contributed by atoms with van der Waals surface area (Å²) < 4.78 is 5.06. The lowest BCUT2D eigenvalue weighted by atomic mass is 9.97. The lowest BCUT2D eigenvalue weighted by Crippen LogP contribution is -2.43. The van der Waals surface area contributed by atoms with Crippen molar-refractivity contribution in [2.24, 2.45) is 5.92 Å². The van der Waals surface area contributed by atoms with E-state index in [1.165, 1.54) is 4.90 Å². The van der Waals surface area contributed by atoms with Crippen molar-refractivity contribution in [3.05, 3.63) is 35.9 Å². The molecule has 1 aliphatic rings. The van der Waals surface area contributed by atoms with E-state index in [-0.39, 0.29) is 25.0 Å². The van der Waals surface area contributed by atoms with Gasteiger partial charge in [-0.1, -0.05) is 43.7 Å². The summed E-state index contributed by atoms with van der Waals surface area (Å²) in [5.74, 6) is -0.717. The number of carbonyl (C=O) groups excluding carboxylic acids is 2. The predicted octanol–water partition coefficient (Wildman–Crippen LogP) is 2.91. The van der Waals surface area contributed by atoms with Crippen molar-refractivity contribution in [2.45, 2.75) is 38.6 Å². The van der Waals surface area contributed by atoms with Crippen LogP contribution < -0.4 is 0 Å². The van der Waals surface area contributed by atoms with Crippen molar-refractivity contribution < 1.29 is 14.3 Å². The highest BCUT2D eigenvalue weighted by atomic mass is 16.6. The maximum Gasteiger partial charge on any atom is 0.416 e. The fourth-order valence-electron chi connectivity index (χ4n) is 2.74. The quantitative estimate of drug-likeness (QED) is 0.810. The van der Waals surface area contributed by atoms with E-state index in [1.807, 2.05) is 43.3 Å². The first kappa shape index (κ1) is 16.0. The van der Waals surface area contributed by atoms with Crippen molar-refractivity contribution in [3.63, 3.8) is 0 Å². The molecular formula is C17H20N2O3. The highest BCUT2D eigenvalue weighted by molar-refractivity contribution is 5.94. The third-order valence-corrected chi connectivity index (χ3v) is 3.84. The van der Waals surface area contributed by atoms with Gasteiger partial charge in [0.15, 0.2) is 0 Å². The van der Waals surface area contributed by atoms with E-state index in [9.17, 15) is 9.59 Å². The van der Waals surface area contributed by atoms with Gasteiger partial charge in [0, 0.05) is 6.42 Å². The molecule has 5 heteroatoms. The highest BCUT2D eigenvalue weighted by Gasteiger charge is 2.40. The average Bonchev–Trinajstić information content (AvgIpc) is 2.88. The summed E-state index contributed by atoms with van der Waals surface area (Å²) in [7, 11) is 0. The zero-order valence-electron chi connectivity index (χ0n) is 12.7. The number of rotatable bonds is 6. The number of hydrogen-bond acceptors (Lipinski definition) is 4. The molecule has 0 unspecified atom stereocenters. The Labute approximate surface area is 130 Å². The zero-order valence-corrected chi connectivity index (χ0v) is 12.7. The van der Waals surface area contributed by atoms with Crippen molar-refractivity contribution in [2.75, 3.05) is 6.61 Å². The number of imide groups is 1. The first-order chi connectivity index (χ1) is 10.7. The van der Waals surface area contributed by atoms with Crippen molar-refractivity contribution in [3.8, 4) is 6.07 Å². The number of carbonyl (C=O) groups is 2. The number of cyclic esters (lactones) is 1. The molecule has 0 saturated carbocycles. The Morgan fingerprint density at radius 1 is 1.45 bits per heavy atom. The summed E-state index contributed by atoms with van der Waals surface area (Å²) in [5, 5.41) is 8.89. The minimum atomic E-state index is -0.593. The minimum Gasteiger partial charge on any atom is -0.447 e. The van der Waals surface area contributed by atoms with Gasteiger partial charge in [-0.15, -0.1) is 0 Å². The molecular weight excluding hydrogens is 280 g/mol. The van der Waals surface area contributed by atoms with Crippen LogP contribution in [0.15, 0.2) is 30.3 Å². The maximum atomic E-state index is 12.6. The summed E-state index contributed by atoms with van der Waals surface area (Å²) in [6, 6.07) is 11.4. The Morgan fingerprint density at radius 2 is 2.18 bits per heavy atom. The van der Waals surface area contributed by atoms with Crippen molar-refractivity contribution in [1.29, 1.82) is 5.26 Å². The molecule has 2 rings (SSSR count). The molecule has 2 amide bonds. The van der Waals surface area contributed by atoms with Crippen LogP contribution in [0.3, 0.4) is 0 Å². The second kappa shape index (κ2) is 7.60. The summed E-state index contributed by atoms with van der Waals surface area (Å²) >= 11 is 0. The first-order valence-corrected chi connectivity index (χ1v) is 7.58. The van der Waals surface area contributed by atoms with Crippen LogP contribution in [0.25, 0.3) is 0 Å². The zero-order chi connectivity index (χ0) is 15.9. The van der Waals surface area contributed by atoms with Crippen LogP contribution in [0, 0.1) is 17.2 Å². The Kier molecular flexibility index (Phi) is 5.54. The van der Waals surface area contributed by atoms with Crippen LogP contribution in [0.1, 0.15) is 31.7 Å². The molecule has 1 aromatic carbocycles. The Bertz CT molecular complexity index is 565. The molecule has 1 aromatic rings. The maximum absolute atomic E-state index is 12.6. The number of nitrogens with zero attached hydrogens (tertiary/aromatic N) is 2. The summed E-state index contributed by atoms with van der Waals surface area (Å²) in [6.45, 7) is 2.17. The van der Waals surface area contributed by atoms with Gasteiger partial charge in [0.2, 0.25) is 5.91 Å². The summed E-state index contributed by atoms with van der Waals surface area (Å²) in [4.78, 5) is 25.8. The van der Waals surface area contributed by atoms with E-state index in [4.69, 9.17) is 10.00 Å². The molecule has 1 saturated heterocycles. The molecule has 0 aliphatic carbocycles. The van der Waals surface area contributed by atoms with Gasteiger partial charge in [0.05, 0.1) is 18.0 Å². The lowest BCUT2D eigenvalue weighted by molar-refractivity contribution is -0.133. The van der Waals surface area contributed by atoms with Gasteiger partial charge < -0.3 is 4.74 Å². The second-order valence-electron chi connectivity index (χ2n) is 5.48. The molecule has 0 N–H and O–H groups in total. The van der Waals surface area contributed by atoms with Gasteiger partial charge in [-0.25, -0.2) is 9.69 Å². The van der Waals surface area contributed by atoms with Gasteiger partial charge in [-0.05, 0) is 18.4 Å². The topological polar surface area (TPSA) is 70.4 Å². The van der Waals surface area contributed by atoms with Crippen LogP contribution in [0.2, 0.25) is 0 Å². The lowest BCUT2D eigenvalue weighted by Gasteiger charge is -2.23. The predicted molar refractivity (Wildman–Crippen MR) is 80.8 cm³/mol. The standard InChI is InChI=1S/C17H20N2O3/c1-2-6-14(9-10-18)16(20)19-15(12-22-17(19)21)11-13-7-4-3-5-8-13/h3-5,7-8,14-15H,2,6,9,11-12H2,1H3/t14-,15+/m1/s1. The van der Waals surface area contributed by atoms with E-state index >= 15 is 0 Å². The smallest absolute Gasteiger partial charge is 0.416 e. The Balaban J connectivity index is 2.13. The highest BCUT2D eigenvalue weighted by Crippen LogP contribution is 2.23. The van der Waals surface area contributed by atoms with E-state index in [0.717, 1.165) is 12.0 Å². The number of nitriles is 1. The Morgan fingerprint density at radius 3 is 2.82 bits per heavy atom. The number of ether oxygens (including phenoxy) is 1. The molecule has 22 heavy (non-hydrogen) atoms. The Hall–Kier alpha value is -2.35. The fourth-order valence-corrected chi connectivity index (χ4v) is 2.74. The van der Waals surface area contributed by atoms with Crippen LogP contribution in [0.5, 0.6) is 0 Å². The van der Waals surface area contributed by atoms with Crippen LogP contribution in [-0.4, -0.2) is 29.5 Å². The van der Waals surface area contributed by atoms with Gasteiger partial charge in [-0.3, -0.25) is 4.79 Å². The molecule has 0 radical (unpaired) electrons. The molecule has 0 aromatic heterocycles. The molecule has 1 heterocycles. The molecule has 116 valence electrons. The fraction of sp³-hybridized carbons (Fsp3) is 0.471. The van der Waals surface area contributed by atoms with Gasteiger partial charge in [0.25, 0.3) is 0 Å². The van der Waals surface area contributed by atoms with Gasteiger partial charge >= 0.3 is 6.09 Å². The van der Waals surface area contributed by atoms with E-state index in [2.05, 4.69) is 0 Å². The van der Waals surface area contributed by atoms with E-state index in [0.29, 0.717) is 12.8 Å². The molecule has 1 fully saturated rings. The first-order valence-electron chi connectivity index (χ1n) is 7.58. The van der Waals surface area contributed by atoms with E-state index in [1.54, 1.807) is 0 Å². The number of benzene rings is 1. The van der Waals surface area contributed by atoms with Crippen LogP contribution in [-0.2, 0) is 16.0 Å². The third kappa shape index (κ3) is 3.64.